The van der Waals surface area contributed by atoms with Crippen molar-refractivity contribution < 1.29 is 0 Å². The molecule has 2 nitrogen and oxygen atoms in total. The Morgan fingerprint density at radius 3 is 2.07 bits per heavy atom. The van der Waals surface area contributed by atoms with Crippen LogP contribution in [0.4, 0.5) is 0 Å². The van der Waals surface area contributed by atoms with Crippen molar-refractivity contribution in [2.45, 2.75) is 13.1 Å². The Balaban J connectivity index is 4.27. The van der Waals surface area contributed by atoms with Gasteiger partial charge in [0, 0.05) is 13.1 Å². The van der Waals surface area contributed by atoms with Crippen LogP contribution in [0.5, 0.6) is 0 Å². The highest BCUT2D eigenvalue weighted by Crippen LogP contribution is 2.17. The standard InChI is InChI=1S/C11H24N2Si/c1-8-11(2)14(6,7)13(5)10-9-12(3)4/h8H,1-2,9-10H2,3-7H3. The van der Waals surface area contributed by atoms with Gasteiger partial charge < -0.3 is 9.47 Å². The number of allylic oxidation sites excluding steroid dienone is 2. The molecule has 0 aromatic rings. The maximum absolute atomic E-state index is 4.08. The molecule has 0 saturated heterocycles. The first-order valence-corrected chi connectivity index (χ1v) is 7.95. The van der Waals surface area contributed by atoms with Crippen LogP contribution in [0.2, 0.25) is 13.1 Å². The van der Waals surface area contributed by atoms with Crippen molar-refractivity contribution in [1.29, 1.82) is 0 Å². The minimum atomic E-state index is -1.48. The van der Waals surface area contributed by atoms with Crippen molar-refractivity contribution in [2.24, 2.45) is 0 Å². The van der Waals surface area contributed by atoms with E-state index in [1.54, 1.807) is 0 Å². The summed E-state index contributed by atoms with van der Waals surface area (Å²) in [5.74, 6) is 0. The third-order valence-corrected chi connectivity index (χ3v) is 6.78. The summed E-state index contributed by atoms with van der Waals surface area (Å²) in [4.78, 5) is 2.21. The van der Waals surface area contributed by atoms with Crippen molar-refractivity contribution in [3.05, 3.63) is 24.4 Å². The Bertz CT molecular complexity index is 209. The zero-order valence-corrected chi connectivity index (χ0v) is 11.3. The molecular formula is C11H24N2Si. The first-order valence-electron chi connectivity index (χ1n) is 5.00. The van der Waals surface area contributed by atoms with E-state index in [1.807, 2.05) is 6.08 Å². The lowest BCUT2D eigenvalue weighted by atomic mass is 10.6. The predicted molar refractivity (Wildman–Crippen MR) is 68.0 cm³/mol. The van der Waals surface area contributed by atoms with Gasteiger partial charge in [-0.2, -0.15) is 0 Å². The van der Waals surface area contributed by atoms with Crippen molar-refractivity contribution in [3.63, 3.8) is 0 Å². The lowest BCUT2D eigenvalue weighted by Crippen LogP contribution is -2.49. The van der Waals surface area contributed by atoms with Crippen LogP contribution >= 0.6 is 0 Å². The molecule has 0 N–H and O–H groups in total. The van der Waals surface area contributed by atoms with Crippen molar-refractivity contribution in [1.82, 2.24) is 9.47 Å². The number of likely N-dealkylation sites (N-methyl/N-ethyl adjacent to an activating group) is 2. The molecular weight excluding hydrogens is 188 g/mol. The Labute approximate surface area is 90.0 Å². The first-order chi connectivity index (χ1) is 6.32. The van der Waals surface area contributed by atoms with E-state index in [1.165, 1.54) is 5.20 Å². The highest BCUT2D eigenvalue weighted by atomic mass is 28.3. The number of rotatable bonds is 6. The summed E-state index contributed by atoms with van der Waals surface area (Å²) in [5, 5.41) is 1.21. The van der Waals surface area contributed by atoms with Crippen LogP contribution in [0.15, 0.2) is 24.4 Å². The molecule has 0 fully saturated rings. The van der Waals surface area contributed by atoms with Crippen molar-refractivity contribution >= 4 is 8.24 Å². The third kappa shape index (κ3) is 3.78. The van der Waals surface area contributed by atoms with Crippen LogP contribution in [0.25, 0.3) is 0 Å². The van der Waals surface area contributed by atoms with Crippen LogP contribution in [0, 0.1) is 0 Å². The summed E-state index contributed by atoms with van der Waals surface area (Å²) < 4.78 is 2.44. The number of hydrogen-bond donors (Lipinski definition) is 0. The lowest BCUT2D eigenvalue weighted by Gasteiger charge is -2.35. The van der Waals surface area contributed by atoms with E-state index < -0.39 is 8.24 Å². The molecule has 0 aliphatic carbocycles. The molecule has 0 rings (SSSR count). The van der Waals surface area contributed by atoms with Gasteiger partial charge in [-0.15, -0.1) is 0 Å². The van der Waals surface area contributed by atoms with Gasteiger partial charge in [0.05, 0.1) is 0 Å². The van der Waals surface area contributed by atoms with Crippen LogP contribution in [-0.2, 0) is 0 Å². The molecule has 0 aromatic heterocycles. The molecule has 14 heavy (non-hydrogen) atoms. The molecule has 0 atom stereocenters. The van der Waals surface area contributed by atoms with Gasteiger partial charge in [0.1, 0.15) is 0 Å². The second-order valence-electron chi connectivity index (χ2n) is 4.51. The molecule has 0 aliphatic rings. The van der Waals surface area contributed by atoms with Crippen LogP contribution in [0.3, 0.4) is 0 Å². The van der Waals surface area contributed by atoms with Crippen molar-refractivity contribution in [3.8, 4) is 0 Å². The Hall–Kier alpha value is -0.383. The number of nitrogens with zero attached hydrogens (tertiary/aromatic N) is 2. The van der Waals surface area contributed by atoms with E-state index >= 15 is 0 Å². The summed E-state index contributed by atoms with van der Waals surface area (Å²) in [5.41, 5.74) is 0. The fraction of sp³-hybridized carbons (Fsp3) is 0.636. The topological polar surface area (TPSA) is 6.48 Å². The summed E-state index contributed by atoms with van der Waals surface area (Å²) in [7, 11) is 4.91. The van der Waals surface area contributed by atoms with E-state index in [-0.39, 0.29) is 0 Å². The summed E-state index contributed by atoms with van der Waals surface area (Å²) in [6.45, 7) is 14.7. The summed E-state index contributed by atoms with van der Waals surface area (Å²) >= 11 is 0. The maximum Gasteiger partial charge on any atom is 0.153 e. The molecule has 0 amide bonds. The van der Waals surface area contributed by atoms with Gasteiger partial charge in [0.2, 0.25) is 0 Å². The zero-order valence-electron chi connectivity index (χ0n) is 10.3. The van der Waals surface area contributed by atoms with E-state index in [0.29, 0.717) is 0 Å². The minimum Gasteiger partial charge on any atom is -0.322 e. The minimum absolute atomic E-state index is 1.09. The number of hydrogen-bond acceptors (Lipinski definition) is 2. The van der Waals surface area contributed by atoms with Gasteiger partial charge in [-0.1, -0.05) is 37.5 Å². The van der Waals surface area contributed by atoms with Crippen LogP contribution in [0.1, 0.15) is 0 Å². The molecule has 0 aliphatic heterocycles. The highest BCUT2D eigenvalue weighted by Gasteiger charge is 2.27. The van der Waals surface area contributed by atoms with E-state index in [2.05, 4.69) is 56.9 Å². The van der Waals surface area contributed by atoms with Gasteiger partial charge >= 0.3 is 0 Å². The average Bonchev–Trinajstić information content (AvgIpc) is 2.12. The molecule has 82 valence electrons. The summed E-state index contributed by atoms with van der Waals surface area (Å²) in [6.07, 6.45) is 1.90. The van der Waals surface area contributed by atoms with Crippen LogP contribution < -0.4 is 0 Å². The van der Waals surface area contributed by atoms with Gasteiger partial charge in [-0.05, 0) is 21.1 Å². The van der Waals surface area contributed by atoms with E-state index in [4.69, 9.17) is 0 Å². The maximum atomic E-state index is 4.08. The zero-order chi connectivity index (χ0) is 11.4. The smallest absolute Gasteiger partial charge is 0.153 e. The molecule has 0 saturated carbocycles. The van der Waals surface area contributed by atoms with Gasteiger partial charge in [0.25, 0.3) is 0 Å². The Morgan fingerprint density at radius 1 is 1.21 bits per heavy atom. The second-order valence-corrected chi connectivity index (χ2v) is 9.04. The van der Waals surface area contributed by atoms with Gasteiger partial charge in [0.15, 0.2) is 8.24 Å². The normalized spacial score (nSPS) is 12.2. The van der Waals surface area contributed by atoms with Crippen molar-refractivity contribution in [2.75, 3.05) is 34.2 Å². The largest absolute Gasteiger partial charge is 0.322 e. The first kappa shape index (κ1) is 13.6. The SMILES string of the molecule is C=CC(=C)[Si](C)(C)N(C)CCN(C)C. The monoisotopic (exact) mass is 212 g/mol. The molecule has 0 radical (unpaired) electrons. The molecule has 0 heterocycles. The third-order valence-electron chi connectivity index (χ3n) is 2.87. The van der Waals surface area contributed by atoms with E-state index in [9.17, 15) is 0 Å². The Kier molecular flexibility index (Phi) is 5.34. The quantitative estimate of drug-likeness (QED) is 0.491. The average molecular weight is 212 g/mol. The van der Waals surface area contributed by atoms with Crippen LogP contribution in [-0.4, -0.2) is 51.9 Å². The van der Waals surface area contributed by atoms with E-state index in [0.717, 1.165) is 13.1 Å². The van der Waals surface area contributed by atoms with Gasteiger partial charge in [-0.3, -0.25) is 0 Å². The molecule has 0 bridgehead atoms. The second kappa shape index (κ2) is 5.49. The summed E-state index contributed by atoms with van der Waals surface area (Å²) in [6, 6.07) is 0. The molecule has 3 heteroatoms. The molecule has 0 spiro atoms. The lowest BCUT2D eigenvalue weighted by molar-refractivity contribution is 0.359. The molecule has 0 aromatic carbocycles. The molecule has 0 unspecified atom stereocenters. The fourth-order valence-electron chi connectivity index (χ4n) is 1.12. The highest BCUT2D eigenvalue weighted by molar-refractivity contribution is 6.82. The fourth-order valence-corrected chi connectivity index (χ4v) is 2.77. The van der Waals surface area contributed by atoms with Gasteiger partial charge in [-0.25, -0.2) is 0 Å². The predicted octanol–water partition coefficient (Wildman–Crippen LogP) is 1.97. The Morgan fingerprint density at radius 2 is 1.71 bits per heavy atom.